The minimum Gasteiger partial charge on any atom is -0.366 e. The molecule has 1 amide bonds. The first-order valence-electron chi connectivity index (χ1n) is 10.2. The van der Waals surface area contributed by atoms with Crippen LogP contribution in [-0.2, 0) is 12.8 Å². The smallest absolute Gasteiger partial charge is 0.251 e. The monoisotopic (exact) mass is 372 g/mol. The Morgan fingerprint density at radius 3 is 2.50 bits per heavy atom. The third kappa shape index (κ3) is 2.95. The van der Waals surface area contributed by atoms with Crippen molar-refractivity contribution in [3.63, 3.8) is 0 Å². The fraction of sp³-hybridized carbons (Fsp3) is 0.320. The highest BCUT2D eigenvalue weighted by Gasteiger charge is 2.31. The van der Waals surface area contributed by atoms with E-state index in [1.54, 1.807) is 0 Å². The van der Waals surface area contributed by atoms with E-state index in [4.69, 9.17) is 5.73 Å². The van der Waals surface area contributed by atoms with Crippen LogP contribution < -0.4 is 5.73 Å². The summed E-state index contributed by atoms with van der Waals surface area (Å²) in [6.07, 6.45) is 4.10. The van der Waals surface area contributed by atoms with Crippen LogP contribution in [0.5, 0.6) is 0 Å². The largest absolute Gasteiger partial charge is 0.366 e. The van der Waals surface area contributed by atoms with E-state index < -0.39 is 0 Å². The number of primary amides is 1. The van der Waals surface area contributed by atoms with E-state index >= 15 is 0 Å². The maximum absolute atomic E-state index is 12.5. The van der Waals surface area contributed by atoms with Crippen LogP contribution in [0.1, 0.15) is 64.2 Å². The van der Waals surface area contributed by atoms with Crippen LogP contribution in [0.4, 0.5) is 0 Å². The summed E-state index contributed by atoms with van der Waals surface area (Å²) < 4.78 is 2.41. The standard InChI is InChI=1S/C25H28N2O/c1-4-7-22-24(19-12-10-16(2)11-13-19)23(25(26)28)17(3)27(22)21-15-14-18-8-5-6-9-20(18)21/h5-6,8-13,21H,4,7,14-15H2,1-3H3,(H2,26,28). The number of amides is 1. The van der Waals surface area contributed by atoms with Gasteiger partial charge >= 0.3 is 0 Å². The van der Waals surface area contributed by atoms with Crippen LogP contribution in [0, 0.1) is 13.8 Å². The lowest BCUT2D eigenvalue weighted by Crippen LogP contribution is -2.15. The maximum atomic E-state index is 12.5. The van der Waals surface area contributed by atoms with Crippen molar-refractivity contribution in [1.82, 2.24) is 4.57 Å². The number of carbonyl (C=O) groups excluding carboxylic acids is 1. The summed E-state index contributed by atoms with van der Waals surface area (Å²) in [5.41, 5.74) is 14.9. The molecule has 3 aromatic rings. The minimum atomic E-state index is -0.338. The highest BCUT2D eigenvalue weighted by Crippen LogP contribution is 2.41. The van der Waals surface area contributed by atoms with Gasteiger partial charge in [-0.1, -0.05) is 67.4 Å². The number of aromatic nitrogens is 1. The molecular formula is C25H28N2O. The van der Waals surface area contributed by atoms with E-state index in [1.807, 2.05) is 0 Å². The lowest BCUT2D eigenvalue weighted by molar-refractivity contribution is 0.1000. The Balaban J connectivity index is 1.98. The molecule has 0 radical (unpaired) electrons. The first-order valence-corrected chi connectivity index (χ1v) is 10.2. The molecule has 2 aromatic carbocycles. The summed E-state index contributed by atoms with van der Waals surface area (Å²) in [4.78, 5) is 12.5. The van der Waals surface area contributed by atoms with Gasteiger partial charge in [-0.3, -0.25) is 4.79 Å². The van der Waals surface area contributed by atoms with Gasteiger partial charge in [-0.15, -0.1) is 0 Å². The normalized spacial score (nSPS) is 15.6. The number of aryl methyl sites for hydroxylation is 2. The number of fused-ring (bicyclic) bond motifs is 1. The summed E-state index contributed by atoms with van der Waals surface area (Å²) >= 11 is 0. The molecule has 3 nitrogen and oxygen atoms in total. The van der Waals surface area contributed by atoms with Gasteiger partial charge < -0.3 is 10.3 Å². The molecule has 0 spiro atoms. The molecular weight excluding hydrogens is 344 g/mol. The van der Waals surface area contributed by atoms with Crippen molar-refractivity contribution in [3.05, 3.63) is 82.2 Å². The highest BCUT2D eigenvalue weighted by atomic mass is 16.1. The second-order valence-electron chi connectivity index (χ2n) is 7.89. The zero-order valence-electron chi connectivity index (χ0n) is 17.0. The molecule has 0 bridgehead atoms. The lowest BCUT2D eigenvalue weighted by Gasteiger charge is -2.21. The fourth-order valence-electron chi connectivity index (χ4n) is 4.81. The predicted octanol–water partition coefficient (Wildman–Crippen LogP) is 5.36. The van der Waals surface area contributed by atoms with Crippen LogP contribution in [0.2, 0.25) is 0 Å². The summed E-state index contributed by atoms with van der Waals surface area (Å²) in [6, 6.07) is 17.4. The Morgan fingerprint density at radius 2 is 1.82 bits per heavy atom. The van der Waals surface area contributed by atoms with E-state index in [9.17, 15) is 4.79 Å². The van der Waals surface area contributed by atoms with E-state index in [2.05, 4.69) is 73.9 Å². The summed E-state index contributed by atoms with van der Waals surface area (Å²) in [7, 11) is 0. The zero-order chi connectivity index (χ0) is 19.8. The second kappa shape index (κ2) is 7.31. The molecule has 0 saturated carbocycles. The molecule has 144 valence electrons. The molecule has 28 heavy (non-hydrogen) atoms. The first kappa shape index (κ1) is 18.5. The van der Waals surface area contributed by atoms with E-state index in [0.29, 0.717) is 5.56 Å². The van der Waals surface area contributed by atoms with Crippen LogP contribution in [-0.4, -0.2) is 10.5 Å². The maximum Gasteiger partial charge on any atom is 0.251 e. The van der Waals surface area contributed by atoms with Crippen molar-refractivity contribution in [2.75, 3.05) is 0 Å². The van der Waals surface area contributed by atoms with Crippen molar-refractivity contribution in [2.45, 2.75) is 52.5 Å². The molecule has 0 saturated heterocycles. The van der Waals surface area contributed by atoms with Crippen LogP contribution >= 0.6 is 0 Å². The Hall–Kier alpha value is -2.81. The van der Waals surface area contributed by atoms with Crippen LogP contribution in [0.3, 0.4) is 0 Å². The molecule has 1 unspecified atom stereocenters. The van der Waals surface area contributed by atoms with E-state index in [0.717, 1.165) is 42.5 Å². The van der Waals surface area contributed by atoms with Gasteiger partial charge in [0.25, 0.3) is 5.91 Å². The van der Waals surface area contributed by atoms with Gasteiger partial charge in [-0.2, -0.15) is 0 Å². The van der Waals surface area contributed by atoms with E-state index in [-0.39, 0.29) is 11.9 Å². The average molecular weight is 373 g/mol. The van der Waals surface area contributed by atoms with Crippen molar-refractivity contribution in [1.29, 1.82) is 0 Å². The van der Waals surface area contributed by atoms with Crippen LogP contribution in [0.15, 0.2) is 48.5 Å². The zero-order valence-corrected chi connectivity index (χ0v) is 17.0. The Morgan fingerprint density at radius 1 is 1.11 bits per heavy atom. The van der Waals surface area contributed by atoms with Gasteiger partial charge in [0.1, 0.15) is 0 Å². The SMILES string of the molecule is CCCc1c(-c2ccc(C)cc2)c(C(N)=O)c(C)n1C1CCc2ccccc21. The number of benzene rings is 2. The lowest BCUT2D eigenvalue weighted by atomic mass is 9.97. The number of carbonyl (C=O) groups is 1. The highest BCUT2D eigenvalue weighted by molar-refractivity contribution is 6.02. The quantitative estimate of drug-likeness (QED) is 0.644. The van der Waals surface area contributed by atoms with Gasteiger partial charge in [0.05, 0.1) is 11.6 Å². The number of nitrogens with zero attached hydrogens (tertiary/aromatic N) is 1. The van der Waals surface area contributed by atoms with Gasteiger partial charge in [0.15, 0.2) is 0 Å². The third-order valence-corrected chi connectivity index (χ3v) is 6.04. The molecule has 4 rings (SSSR count). The minimum absolute atomic E-state index is 0.273. The van der Waals surface area contributed by atoms with Crippen molar-refractivity contribution in [2.24, 2.45) is 5.73 Å². The third-order valence-electron chi connectivity index (χ3n) is 6.04. The second-order valence-corrected chi connectivity index (χ2v) is 7.89. The topological polar surface area (TPSA) is 48.0 Å². The molecule has 1 atom stereocenters. The van der Waals surface area contributed by atoms with E-state index in [1.165, 1.54) is 22.4 Å². The molecule has 2 N–H and O–H groups in total. The van der Waals surface area contributed by atoms with Gasteiger partial charge in [0.2, 0.25) is 0 Å². The van der Waals surface area contributed by atoms with Crippen molar-refractivity contribution < 1.29 is 4.79 Å². The number of hydrogen-bond donors (Lipinski definition) is 1. The number of hydrogen-bond acceptors (Lipinski definition) is 1. The van der Waals surface area contributed by atoms with Gasteiger partial charge in [0, 0.05) is 17.0 Å². The molecule has 1 aliphatic rings. The van der Waals surface area contributed by atoms with Gasteiger partial charge in [-0.25, -0.2) is 0 Å². The Kier molecular flexibility index (Phi) is 4.84. The molecule has 1 aromatic heterocycles. The average Bonchev–Trinajstić information content (AvgIpc) is 3.21. The molecule has 1 heterocycles. The molecule has 1 aliphatic carbocycles. The predicted molar refractivity (Wildman–Crippen MR) is 115 cm³/mol. The van der Waals surface area contributed by atoms with Gasteiger partial charge in [-0.05, 0) is 49.8 Å². The molecule has 0 aliphatic heterocycles. The Labute approximate surface area is 167 Å². The Bertz CT molecular complexity index is 1030. The number of rotatable bonds is 5. The first-order chi connectivity index (χ1) is 13.5. The summed E-state index contributed by atoms with van der Waals surface area (Å²) in [5.74, 6) is -0.338. The van der Waals surface area contributed by atoms with Crippen molar-refractivity contribution >= 4 is 5.91 Å². The van der Waals surface area contributed by atoms with Crippen molar-refractivity contribution in [3.8, 4) is 11.1 Å². The molecule has 3 heteroatoms. The summed E-state index contributed by atoms with van der Waals surface area (Å²) in [5, 5.41) is 0. The van der Waals surface area contributed by atoms with Crippen LogP contribution in [0.25, 0.3) is 11.1 Å². The molecule has 0 fully saturated rings. The summed E-state index contributed by atoms with van der Waals surface area (Å²) in [6.45, 7) is 6.33. The number of nitrogens with two attached hydrogens (primary N) is 1. The fourth-order valence-corrected chi connectivity index (χ4v) is 4.81.